The maximum Gasteiger partial charge on any atom is 0.435 e. The number of alkyl halides is 7. The lowest BCUT2D eigenvalue weighted by Crippen LogP contribution is -2.53. The summed E-state index contributed by atoms with van der Waals surface area (Å²) in [4.78, 5) is 15.0. The molecule has 41 heavy (non-hydrogen) atoms. The predicted octanol–water partition coefficient (Wildman–Crippen LogP) is 7.43. The summed E-state index contributed by atoms with van der Waals surface area (Å²) in [5.41, 5.74) is -7.45. The molecule has 3 aliphatic rings. The summed E-state index contributed by atoms with van der Waals surface area (Å²) in [5, 5.41) is 0.255. The van der Waals surface area contributed by atoms with Gasteiger partial charge in [0.05, 0.1) is 10.9 Å². The molecule has 0 bridgehead atoms. The van der Waals surface area contributed by atoms with Crippen LogP contribution in [-0.2, 0) is 31.5 Å². The zero-order valence-electron chi connectivity index (χ0n) is 21.7. The number of halogens is 8. The first-order valence-electron chi connectivity index (χ1n) is 13.3. The molecular formula is C28H27ClF7NO3S. The Morgan fingerprint density at radius 3 is 2.07 bits per heavy atom. The fourth-order valence-electron chi connectivity index (χ4n) is 6.90. The highest BCUT2D eigenvalue weighted by molar-refractivity contribution is 7.92. The second-order valence-corrected chi connectivity index (χ2v) is 13.7. The molecule has 1 amide bonds. The third-order valence-corrected chi connectivity index (χ3v) is 11.7. The van der Waals surface area contributed by atoms with Gasteiger partial charge in [-0.3, -0.25) is 4.79 Å². The van der Waals surface area contributed by atoms with E-state index in [0.29, 0.717) is 25.0 Å². The van der Waals surface area contributed by atoms with Crippen molar-refractivity contribution in [1.82, 2.24) is 4.90 Å². The van der Waals surface area contributed by atoms with Gasteiger partial charge in [0.1, 0.15) is 4.75 Å². The summed E-state index contributed by atoms with van der Waals surface area (Å²) in [7, 11) is -4.38. The van der Waals surface area contributed by atoms with Gasteiger partial charge in [0.15, 0.2) is 9.84 Å². The lowest BCUT2D eigenvalue weighted by Gasteiger charge is -2.43. The minimum atomic E-state index is -6.31. The molecule has 0 radical (unpaired) electrons. The molecule has 224 valence electrons. The molecule has 1 saturated carbocycles. The molecule has 1 heterocycles. The first-order chi connectivity index (χ1) is 19.1. The highest BCUT2D eigenvalue weighted by Gasteiger charge is 2.74. The number of likely N-dealkylation sites (tertiary alicyclic amines) is 1. The largest absolute Gasteiger partial charge is 0.435 e. The SMILES string of the molecule is O=C(C1CCCCC1)N1CCC2(S(=O)(=O)c3ccc(Cl)cc3)c3ccc(C(F)(C(F)(F)F)C(F)(F)F)cc3CCC12. The van der Waals surface area contributed by atoms with E-state index in [4.69, 9.17) is 11.6 Å². The van der Waals surface area contributed by atoms with Crippen molar-refractivity contribution in [1.29, 1.82) is 0 Å². The Labute approximate surface area is 237 Å². The number of nitrogens with zero attached hydrogens (tertiary/aromatic N) is 1. The fourth-order valence-corrected chi connectivity index (χ4v) is 9.39. The summed E-state index contributed by atoms with van der Waals surface area (Å²) < 4.78 is 123. The number of carbonyl (C=O) groups excluding carboxylic acids is 1. The molecule has 13 heteroatoms. The van der Waals surface area contributed by atoms with Crippen LogP contribution >= 0.6 is 11.6 Å². The van der Waals surface area contributed by atoms with Gasteiger partial charge in [-0.15, -0.1) is 0 Å². The molecule has 2 aliphatic carbocycles. The van der Waals surface area contributed by atoms with Crippen molar-refractivity contribution in [2.75, 3.05) is 6.54 Å². The van der Waals surface area contributed by atoms with E-state index in [1.165, 1.54) is 29.2 Å². The number of rotatable bonds is 4. The van der Waals surface area contributed by atoms with Gasteiger partial charge < -0.3 is 4.90 Å². The fraction of sp³-hybridized carbons (Fsp3) is 0.536. The summed E-state index contributed by atoms with van der Waals surface area (Å²) >= 11 is 5.96. The van der Waals surface area contributed by atoms with Crippen molar-refractivity contribution >= 4 is 27.3 Å². The quantitative estimate of drug-likeness (QED) is 0.332. The Kier molecular flexibility index (Phi) is 7.45. The van der Waals surface area contributed by atoms with E-state index in [1.807, 2.05) is 0 Å². The molecule has 2 atom stereocenters. The molecule has 2 fully saturated rings. The van der Waals surface area contributed by atoms with Gasteiger partial charge in [-0.25, -0.2) is 12.8 Å². The lowest BCUT2D eigenvalue weighted by molar-refractivity contribution is -0.348. The van der Waals surface area contributed by atoms with E-state index in [9.17, 15) is 43.9 Å². The molecule has 0 spiro atoms. The van der Waals surface area contributed by atoms with Crippen LogP contribution in [0.15, 0.2) is 47.4 Å². The normalized spacial score (nSPS) is 24.2. The average molecular weight is 626 g/mol. The van der Waals surface area contributed by atoms with Crippen LogP contribution in [0.25, 0.3) is 0 Å². The van der Waals surface area contributed by atoms with Crippen LogP contribution in [-0.4, -0.2) is 44.2 Å². The van der Waals surface area contributed by atoms with E-state index in [1.54, 1.807) is 0 Å². The van der Waals surface area contributed by atoms with Crippen LogP contribution in [0.5, 0.6) is 0 Å². The van der Waals surface area contributed by atoms with Crippen LogP contribution in [0.3, 0.4) is 0 Å². The van der Waals surface area contributed by atoms with Gasteiger partial charge in [0.25, 0.3) is 0 Å². The number of hydrogen-bond donors (Lipinski definition) is 0. The summed E-state index contributed by atoms with van der Waals surface area (Å²) in [6.07, 6.45) is -8.86. The number of carbonyl (C=O) groups is 1. The van der Waals surface area contributed by atoms with Gasteiger partial charge in [-0.2, -0.15) is 26.3 Å². The van der Waals surface area contributed by atoms with Crippen LogP contribution in [0.1, 0.15) is 61.6 Å². The van der Waals surface area contributed by atoms with Gasteiger partial charge in [-0.1, -0.05) is 49.1 Å². The minimum absolute atomic E-state index is 0.0157. The topological polar surface area (TPSA) is 54.5 Å². The molecule has 1 saturated heterocycles. The van der Waals surface area contributed by atoms with Gasteiger partial charge in [0.2, 0.25) is 5.91 Å². The summed E-state index contributed by atoms with van der Waals surface area (Å²) in [5.74, 6) is -0.479. The van der Waals surface area contributed by atoms with E-state index < -0.39 is 44.2 Å². The second kappa shape index (κ2) is 10.1. The monoisotopic (exact) mass is 625 g/mol. The van der Waals surface area contributed by atoms with Crippen LogP contribution in [0, 0.1) is 5.92 Å². The van der Waals surface area contributed by atoms with Crippen LogP contribution < -0.4 is 0 Å². The van der Waals surface area contributed by atoms with E-state index in [-0.39, 0.29) is 58.7 Å². The van der Waals surface area contributed by atoms with Gasteiger partial charge in [0, 0.05) is 23.0 Å². The predicted molar refractivity (Wildman–Crippen MR) is 137 cm³/mol. The zero-order chi connectivity index (χ0) is 30.0. The Morgan fingerprint density at radius 2 is 1.49 bits per heavy atom. The minimum Gasteiger partial charge on any atom is -0.337 e. The lowest BCUT2D eigenvalue weighted by atomic mass is 9.76. The van der Waals surface area contributed by atoms with Crippen molar-refractivity contribution in [2.45, 2.75) is 85.1 Å². The number of aryl methyl sites for hydroxylation is 1. The molecule has 4 nitrogen and oxygen atoms in total. The van der Waals surface area contributed by atoms with Crippen molar-refractivity contribution in [3.05, 3.63) is 64.2 Å². The maximum absolute atomic E-state index is 14.9. The highest BCUT2D eigenvalue weighted by Crippen LogP contribution is 2.57. The Morgan fingerprint density at radius 1 is 0.878 bits per heavy atom. The summed E-state index contributed by atoms with van der Waals surface area (Å²) in [6.45, 7) is 0.0478. The zero-order valence-corrected chi connectivity index (χ0v) is 23.2. The van der Waals surface area contributed by atoms with Crippen molar-refractivity contribution in [2.24, 2.45) is 5.92 Å². The highest BCUT2D eigenvalue weighted by atomic mass is 35.5. The number of hydrogen-bond acceptors (Lipinski definition) is 3. The first kappa shape index (κ1) is 30.1. The third kappa shape index (κ3) is 4.54. The number of fused-ring (bicyclic) bond motifs is 3. The smallest absolute Gasteiger partial charge is 0.337 e. The number of amides is 1. The molecule has 5 rings (SSSR count). The molecular weight excluding hydrogens is 599 g/mol. The van der Waals surface area contributed by atoms with E-state index in [2.05, 4.69) is 0 Å². The van der Waals surface area contributed by atoms with Gasteiger partial charge in [-0.05, 0) is 67.5 Å². The van der Waals surface area contributed by atoms with Crippen molar-refractivity contribution in [3.63, 3.8) is 0 Å². The number of benzene rings is 2. The summed E-state index contributed by atoms with van der Waals surface area (Å²) in [6, 6.07) is 6.08. The van der Waals surface area contributed by atoms with Gasteiger partial charge >= 0.3 is 18.0 Å². The third-order valence-electron chi connectivity index (χ3n) is 8.91. The first-order valence-corrected chi connectivity index (χ1v) is 15.2. The average Bonchev–Trinajstić information content (AvgIpc) is 3.33. The van der Waals surface area contributed by atoms with E-state index >= 15 is 0 Å². The second-order valence-electron chi connectivity index (χ2n) is 11.0. The molecule has 0 N–H and O–H groups in total. The van der Waals surface area contributed by atoms with Crippen LogP contribution in [0.2, 0.25) is 5.02 Å². The maximum atomic E-state index is 14.9. The standard InChI is InChI=1S/C28H27ClF7NO3S/c29-20-8-10-21(11-9-20)41(39,40)25-14-15-37(24(38)17-4-2-1-3-5-17)23(25)13-6-18-16-19(7-12-22(18)25)26(30,27(31,32)33)28(34,35)36/h7-12,16-17,23H,1-6,13-15H2. The Balaban J connectivity index is 1.68. The molecule has 1 aliphatic heterocycles. The van der Waals surface area contributed by atoms with Crippen LogP contribution in [0.4, 0.5) is 30.7 Å². The van der Waals surface area contributed by atoms with Crippen molar-refractivity contribution < 1.29 is 43.9 Å². The molecule has 2 aromatic rings. The molecule has 2 unspecified atom stereocenters. The number of sulfone groups is 1. The van der Waals surface area contributed by atoms with Crippen molar-refractivity contribution in [3.8, 4) is 0 Å². The Hall–Kier alpha value is -2.34. The van der Waals surface area contributed by atoms with E-state index in [0.717, 1.165) is 25.3 Å². The molecule has 2 aromatic carbocycles. The Bertz CT molecular complexity index is 1420. The molecule has 0 aromatic heterocycles.